The second kappa shape index (κ2) is 7.24. The second-order valence-corrected chi connectivity index (χ2v) is 8.05. The normalized spacial score (nSPS) is 17.2. The monoisotopic (exact) mass is 348 g/mol. The number of carbonyl (C=O) groups is 1. The summed E-state index contributed by atoms with van der Waals surface area (Å²) in [5.41, 5.74) is 4.75. The molecule has 1 saturated carbocycles. The van der Waals surface area contributed by atoms with Gasteiger partial charge in [0.2, 0.25) is 5.91 Å². The lowest BCUT2D eigenvalue weighted by atomic mass is 9.98. The molecule has 1 aliphatic carbocycles. The predicted molar refractivity (Wildman–Crippen MR) is 107 cm³/mol. The van der Waals surface area contributed by atoms with Crippen molar-refractivity contribution in [3.05, 3.63) is 59.7 Å². The number of anilines is 2. The van der Waals surface area contributed by atoms with Crippen LogP contribution in [0.5, 0.6) is 0 Å². The molecule has 1 heterocycles. The van der Waals surface area contributed by atoms with Crippen LogP contribution in [-0.2, 0) is 17.8 Å². The van der Waals surface area contributed by atoms with Gasteiger partial charge in [0.15, 0.2) is 0 Å². The standard InChI is InChI=1S/C23H28N2O/c1-17(2)23(26)25(21-6-4-3-5-7-21)22-11-10-19-12-13-24(15-18-8-9-18)16-20(19)14-22/h3-7,10-11,14,17-18H,8-9,12-13,15-16H2,1-2H3. The van der Waals surface area contributed by atoms with Crippen molar-refractivity contribution in [2.45, 2.75) is 39.7 Å². The molecule has 2 aromatic carbocycles. The number of benzene rings is 2. The van der Waals surface area contributed by atoms with Crippen LogP contribution in [0.3, 0.4) is 0 Å². The fourth-order valence-electron chi connectivity index (χ4n) is 3.80. The number of carbonyl (C=O) groups excluding carboxylic acids is 1. The van der Waals surface area contributed by atoms with E-state index in [-0.39, 0.29) is 11.8 Å². The summed E-state index contributed by atoms with van der Waals surface area (Å²) in [4.78, 5) is 17.4. The number of rotatable bonds is 5. The average Bonchev–Trinajstić information content (AvgIpc) is 3.46. The lowest BCUT2D eigenvalue weighted by Gasteiger charge is -2.31. The van der Waals surface area contributed by atoms with Gasteiger partial charge in [0.1, 0.15) is 0 Å². The van der Waals surface area contributed by atoms with Crippen LogP contribution in [-0.4, -0.2) is 23.9 Å². The van der Waals surface area contributed by atoms with Crippen LogP contribution in [0.25, 0.3) is 0 Å². The van der Waals surface area contributed by atoms with Gasteiger partial charge in [-0.15, -0.1) is 0 Å². The van der Waals surface area contributed by atoms with E-state index in [0.717, 1.165) is 36.8 Å². The zero-order chi connectivity index (χ0) is 18.1. The highest BCUT2D eigenvalue weighted by atomic mass is 16.2. The van der Waals surface area contributed by atoms with Crippen LogP contribution in [0.4, 0.5) is 11.4 Å². The summed E-state index contributed by atoms with van der Waals surface area (Å²) in [5.74, 6) is 1.02. The maximum absolute atomic E-state index is 12.9. The van der Waals surface area contributed by atoms with E-state index in [9.17, 15) is 4.79 Å². The van der Waals surface area contributed by atoms with Crippen LogP contribution >= 0.6 is 0 Å². The van der Waals surface area contributed by atoms with Gasteiger partial charge in [0.25, 0.3) is 0 Å². The summed E-state index contributed by atoms with van der Waals surface area (Å²) < 4.78 is 0. The number of para-hydroxylation sites is 1. The molecule has 3 nitrogen and oxygen atoms in total. The molecule has 136 valence electrons. The molecule has 1 aliphatic heterocycles. The molecule has 0 atom stereocenters. The molecule has 1 amide bonds. The van der Waals surface area contributed by atoms with Gasteiger partial charge >= 0.3 is 0 Å². The second-order valence-electron chi connectivity index (χ2n) is 8.05. The van der Waals surface area contributed by atoms with Crippen molar-refractivity contribution in [3.8, 4) is 0 Å². The number of hydrogen-bond donors (Lipinski definition) is 0. The summed E-state index contributed by atoms with van der Waals surface area (Å²) in [6.07, 6.45) is 3.91. The minimum Gasteiger partial charge on any atom is -0.298 e. The van der Waals surface area contributed by atoms with Crippen molar-refractivity contribution < 1.29 is 4.79 Å². The summed E-state index contributed by atoms with van der Waals surface area (Å²) >= 11 is 0. The first-order chi connectivity index (χ1) is 12.6. The van der Waals surface area contributed by atoms with Crippen molar-refractivity contribution in [3.63, 3.8) is 0 Å². The first kappa shape index (κ1) is 17.3. The Morgan fingerprint density at radius 3 is 2.54 bits per heavy atom. The zero-order valence-electron chi connectivity index (χ0n) is 15.8. The average molecular weight is 348 g/mol. The highest BCUT2D eigenvalue weighted by molar-refractivity contribution is 6.01. The Morgan fingerprint density at radius 2 is 1.85 bits per heavy atom. The minimum atomic E-state index is -0.0439. The molecule has 1 fully saturated rings. The quantitative estimate of drug-likeness (QED) is 0.777. The van der Waals surface area contributed by atoms with E-state index < -0.39 is 0 Å². The number of amides is 1. The third-order valence-corrected chi connectivity index (χ3v) is 5.48. The Kier molecular flexibility index (Phi) is 4.82. The molecule has 26 heavy (non-hydrogen) atoms. The molecule has 2 aromatic rings. The van der Waals surface area contributed by atoms with Gasteiger partial charge < -0.3 is 0 Å². The molecule has 0 unspecified atom stereocenters. The van der Waals surface area contributed by atoms with Crippen molar-refractivity contribution in [2.75, 3.05) is 18.0 Å². The van der Waals surface area contributed by atoms with E-state index in [2.05, 4.69) is 23.1 Å². The first-order valence-corrected chi connectivity index (χ1v) is 9.85. The minimum absolute atomic E-state index is 0.0439. The smallest absolute Gasteiger partial charge is 0.234 e. The Labute approximate surface area is 156 Å². The van der Waals surface area contributed by atoms with Crippen LogP contribution in [0.2, 0.25) is 0 Å². The third kappa shape index (κ3) is 3.68. The first-order valence-electron chi connectivity index (χ1n) is 9.85. The van der Waals surface area contributed by atoms with Crippen molar-refractivity contribution in [1.29, 1.82) is 0 Å². The van der Waals surface area contributed by atoms with Gasteiger partial charge in [0.05, 0.1) is 0 Å². The Hall–Kier alpha value is -2.13. The molecule has 3 heteroatoms. The predicted octanol–water partition coefficient (Wildman–Crippen LogP) is 4.78. The maximum Gasteiger partial charge on any atom is 0.234 e. The van der Waals surface area contributed by atoms with Gasteiger partial charge in [-0.2, -0.15) is 0 Å². The fourth-order valence-corrected chi connectivity index (χ4v) is 3.80. The van der Waals surface area contributed by atoms with E-state index >= 15 is 0 Å². The van der Waals surface area contributed by atoms with Crippen LogP contribution in [0.1, 0.15) is 37.8 Å². The molecule has 0 bridgehead atoms. The Bertz CT molecular complexity index is 780. The van der Waals surface area contributed by atoms with Crippen LogP contribution < -0.4 is 4.90 Å². The summed E-state index contributed by atoms with van der Waals surface area (Å²) in [6.45, 7) is 7.34. The van der Waals surface area contributed by atoms with E-state index in [1.165, 1.54) is 30.5 Å². The van der Waals surface area contributed by atoms with E-state index in [1.807, 2.05) is 49.1 Å². The fraction of sp³-hybridized carbons (Fsp3) is 0.435. The SMILES string of the molecule is CC(C)C(=O)N(c1ccccc1)c1ccc2c(c1)CN(CC1CC1)CC2. The molecule has 0 saturated heterocycles. The van der Waals surface area contributed by atoms with Gasteiger partial charge in [0, 0.05) is 36.9 Å². The topological polar surface area (TPSA) is 23.6 Å². The zero-order valence-corrected chi connectivity index (χ0v) is 15.8. The van der Waals surface area contributed by atoms with E-state index in [0.29, 0.717) is 0 Å². The Balaban J connectivity index is 1.65. The summed E-state index contributed by atoms with van der Waals surface area (Å²) in [5, 5.41) is 0. The molecule has 0 N–H and O–H groups in total. The third-order valence-electron chi connectivity index (χ3n) is 5.48. The molecular weight excluding hydrogens is 320 g/mol. The van der Waals surface area contributed by atoms with Crippen LogP contribution in [0.15, 0.2) is 48.5 Å². The lowest BCUT2D eigenvalue weighted by Crippen LogP contribution is -2.33. The Morgan fingerprint density at radius 1 is 1.08 bits per heavy atom. The molecule has 0 spiro atoms. The number of nitrogens with zero attached hydrogens (tertiary/aromatic N) is 2. The number of fused-ring (bicyclic) bond motifs is 1. The van der Waals surface area contributed by atoms with Crippen LogP contribution in [0, 0.1) is 11.8 Å². The highest BCUT2D eigenvalue weighted by Gasteiger charge is 2.27. The molecule has 2 aliphatic rings. The molecular formula is C23H28N2O. The lowest BCUT2D eigenvalue weighted by molar-refractivity contribution is -0.120. The maximum atomic E-state index is 12.9. The van der Waals surface area contributed by atoms with Gasteiger partial charge in [-0.1, -0.05) is 38.1 Å². The number of hydrogen-bond acceptors (Lipinski definition) is 2. The summed E-state index contributed by atoms with van der Waals surface area (Å²) in [6, 6.07) is 16.6. The van der Waals surface area contributed by atoms with Crippen molar-refractivity contribution >= 4 is 17.3 Å². The largest absolute Gasteiger partial charge is 0.298 e. The van der Waals surface area contributed by atoms with Gasteiger partial charge in [-0.05, 0) is 60.6 Å². The molecule has 0 aromatic heterocycles. The van der Waals surface area contributed by atoms with Gasteiger partial charge in [-0.3, -0.25) is 14.6 Å². The van der Waals surface area contributed by atoms with Crippen molar-refractivity contribution in [2.24, 2.45) is 11.8 Å². The molecule has 0 radical (unpaired) electrons. The van der Waals surface area contributed by atoms with E-state index in [4.69, 9.17) is 0 Å². The van der Waals surface area contributed by atoms with E-state index in [1.54, 1.807) is 0 Å². The highest BCUT2D eigenvalue weighted by Crippen LogP contribution is 2.34. The van der Waals surface area contributed by atoms with Crippen molar-refractivity contribution in [1.82, 2.24) is 4.90 Å². The summed E-state index contributed by atoms with van der Waals surface area (Å²) in [7, 11) is 0. The molecule has 4 rings (SSSR count). The van der Waals surface area contributed by atoms with Gasteiger partial charge in [-0.25, -0.2) is 0 Å².